The minimum absolute atomic E-state index is 0.702. The maximum absolute atomic E-state index is 5.50. The Balaban J connectivity index is 3.61. The van der Waals surface area contributed by atoms with Gasteiger partial charge in [-0.05, 0) is 19.9 Å². The van der Waals surface area contributed by atoms with Crippen molar-refractivity contribution >= 4 is 0 Å². The molecular weight excluding hydrogens is 136 g/mol. The lowest BCUT2D eigenvalue weighted by Crippen LogP contribution is -2.36. The molecule has 0 aromatic carbocycles. The van der Waals surface area contributed by atoms with Gasteiger partial charge in [0.2, 0.25) is 0 Å². The van der Waals surface area contributed by atoms with Crippen molar-refractivity contribution in [2.45, 2.75) is 39.7 Å². The maximum atomic E-state index is 5.50. The van der Waals surface area contributed by atoms with Crippen LogP contribution in [0.25, 0.3) is 0 Å². The maximum Gasteiger partial charge on any atom is 0.0107 e. The molecule has 0 aromatic heterocycles. The average molecular weight is 158 g/mol. The molecule has 0 aliphatic heterocycles. The highest BCUT2D eigenvalue weighted by molar-refractivity contribution is 4.65. The molecule has 0 saturated heterocycles. The van der Waals surface area contributed by atoms with Gasteiger partial charge in [-0.2, -0.15) is 0 Å². The summed E-state index contributed by atoms with van der Waals surface area (Å²) in [5, 5.41) is 0. The number of rotatable bonds is 6. The standard InChI is InChI=1S/C9H22N2/c1-4-6-9(3)11(5-2)8-7-10/h9H,4-8,10H2,1-3H3. The lowest BCUT2D eigenvalue weighted by molar-refractivity contribution is 0.215. The van der Waals surface area contributed by atoms with Crippen LogP contribution in [0, 0.1) is 0 Å². The Morgan fingerprint density at radius 2 is 2.00 bits per heavy atom. The first-order valence-corrected chi connectivity index (χ1v) is 4.70. The first-order valence-electron chi connectivity index (χ1n) is 4.70. The number of nitrogens with two attached hydrogens (primary N) is 1. The van der Waals surface area contributed by atoms with Gasteiger partial charge in [0.15, 0.2) is 0 Å². The number of hydrogen-bond donors (Lipinski definition) is 1. The van der Waals surface area contributed by atoms with Gasteiger partial charge in [0.1, 0.15) is 0 Å². The van der Waals surface area contributed by atoms with Crippen LogP contribution in [0.15, 0.2) is 0 Å². The van der Waals surface area contributed by atoms with E-state index in [0.717, 1.165) is 19.6 Å². The summed E-state index contributed by atoms with van der Waals surface area (Å²) in [5.41, 5.74) is 5.50. The van der Waals surface area contributed by atoms with E-state index < -0.39 is 0 Å². The predicted molar refractivity (Wildman–Crippen MR) is 50.7 cm³/mol. The van der Waals surface area contributed by atoms with Crippen molar-refractivity contribution in [1.29, 1.82) is 0 Å². The van der Waals surface area contributed by atoms with Gasteiger partial charge in [0, 0.05) is 19.1 Å². The summed E-state index contributed by atoms with van der Waals surface area (Å²) in [5.74, 6) is 0. The molecule has 0 aromatic rings. The van der Waals surface area contributed by atoms with Gasteiger partial charge in [-0.25, -0.2) is 0 Å². The second-order valence-corrected chi connectivity index (χ2v) is 3.05. The van der Waals surface area contributed by atoms with Gasteiger partial charge in [0.25, 0.3) is 0 Å². The third-order valence-electron chi connectivity index (χ3n) is 2.15. The van der Waals surface area contributed by atoms with Crippen LogP contribution in [0.5, 0.6) is 0 Å². The summed E-state index contributed by atoms with van der Waals surface area (Å²) < 4.78 is 0. The Labute approximate surface area is 70.8 Å². The van der Waals surface area contributed by atoms with Gasteiger partial charge in [-0.3, -0.25) is 4.90 Å². The van der Waals surface area contributed by atoms with E-state index in [-0.39, 0.29) is 0 Å². The van der Waals surface area contributed by atoms with Crippen molar-refractivity contribution < 1.29 is 0 Å². The minimum Gasteiger partial charge on any atom is -0.329 e. The normalized spacial score (nSPS) is 13.9. The Bertz CT molecular complexity index is 83.6. The summed E-state index contributed by atoms with van der Waals surface area (Å²) in [6.07, 6.45) is 2.55. The van der Waals surface area contributed by atoms with Crippen molar-refractivity contribution in [2.24, 2.45) is 5.73 Å². The van der Waals surface area contributed by atoms with Crippen molar-refractivity contribution in [2.75, 3.05) is 19.6 Å². The molecule has 0 rings (SSSR count). The van der Waals surface area contributed by atoms with Gasteiger partial charge in [-0.1, -0.05) is 20.3 Å². The van der Waals surface area contributed by atoms with Gasteiger partial charge < -0.3 is 5.73 Å². The zero-order chi connectivity index (χ0) is 8.69. The molecule has 0 aliphatic rings. The quantitative estimate of drug-likeness (QED) is 0.634. The van der Waals surface area contributed by atoms with Gasteiger partial charge in [-0.15, -0.1) is 0 Å². The smallest absolute Gasteiger partial charge is 0.0107 e. The lowest BCUT2D eigenvalue weighted by atomic mass is 10.1. The zero-order valence-electron chi connectivity index (χ0n) is 8.14. The molecule has 2 heteroatoms. The number of nitrogens with zero attached hydrogens (tertiary/aromatic N) is 1. The van der Waals surface area contributed by atoms with E-state index in [1.165, 1.54) is 12.8 Å². The molecule has 68 valence electrons. The first kappa shape index (κ1) is 10.9. The molecule has 2 nitrogen and oxygen atoms in total. The van der Waals surface area contributed by atoms with Crippen LogP contribution in [-0.4, -0.2) is 30.6 Å². The lowest BCUT2D eigenvalue weighted by Gasteiger charge is -2.26. The van der Waals surface area contributed by atoms with Crippen LogP contribution >= 0.6 is 0 Å². The summed E-state index contributed by atoms with van der Waals surface area (Å²) in [6, 6.07) is 0.702. The van der Waals surface area contributed by atoms with E-state index in [9.17, 15) is 0 Å². The Hall–Kier alpha value is -0.0800. The molecule has 0 amide bonds. The van der Waals surface area contributed by atoms with E-state index in [1.54, 1.807) is 0 Å². The largest absolute Gasteiger partial charge is 0.329 e. The molecule has 1 unspecified atom stereocenters. The van der Waals surface area contributed by atoms with E-state index in [0.29, 0.717) is 6.04 Å². The fourth-order valence-corrected chi connectivity index (χ4v) is 1.46. The van der Waals surface area contributed by atoms with Crippen LogP contribution in [0.4, 0.5) is 0 Å². The van der Waals surface area contributed by atoms with Crippen molar-refractivity contribution in [3.05, 3.63) is 0 Å². The van der Waals surface area contributed by atoms with Crippen LogP contribution in [0.1, 0.15) is 33.6 Å². The molecule has 0 aliphatic carbocycles. The molecule has 2 N–H and O–H groups in total. The number of hydrogen-bond acceptors (Lipinski definition) is 2. The average Bonchev–Trinajstić information content (AvgIpc) is 2.00. The highest BCUT2D eigenvalue weighted by Crippen LogP contribution is 2.04. The fraction of sp³-hybridized carbons (Fsp3) is 1.00. The molecule has 0 saturated carbocycles. The summed E-state index contributed by atoms with van der Waals surface area (Å²) in [6.45, 7) is 9.65. The fourth-order valence-electron chi connectivity index (χ4n) is 1.46. The van der Waals surface area contributed by atoms with Gasteiger partial charge in [0.05, 0.1) is 0 Å². The molecule has 0 spiro atoms. The molecule has 11 heavy (non-hydrogen) atoms. The molecular formula is C9H22N2. The third kappa shape index (κ3) is 4.38. The summed E-state index contributed by atoms with van der Waals surface area (Å²) in [7, 11) is 0. The van der Waals surface area contributed by atoms with Crippen molar-refractivity contribution in [3.63, 3.8) is 0 Å². The van der Waals surface area contributed by atoms with Crippen molar-refractivity contribution in [3.8, 4) is 0 Å². The van der Waals surface area contributed by atoms with E-state index in [2.05, 4.69) is 25.7 Å². The molecule has 0 bridgehead atoms. The van der Waals surface area contributed by atoms with E-state index >= 15 is 0 Å². The van der Waals surface area contributed by atoms with Crippen LogP contribution < -0.4 is 5.73 Å². The van der Waals surface area contributed by atoms with Crippen molar-refractivity contribution in [1.82, 2.24) is 4.90 Å². The Morgan fingerprint density at radius 3 is 2.36 bits per heavy atom. The van der Waals surface area contributed by atoms with Gasteiger partial charge >= 0.3 is 0 Å². The zero-order valence-corrected chi connectivity index (χ0v) is 8.14. The second-order valence-electron chi connectivity index (χ2n) is 3.05. The molecule has 0 fully saturated rings. The summed E-state index contributed by atoms with van der Waals surface area (Å²) >= 11 is 0. The van der Waals surface area contributed by atoms with E-state index in [4.69, 9.17) is 5.73 Å². The molecule has 0 radical (unpaired) electrons. The Kier molecular flexibility index (Phi) is 6.57. The van der Waals surface area contributed by atoms with E-state index in [1.807, 2.05) is 0 Å². The monoisotopic (exact) mass is 158 g/mol. The Morgan fingerprint density at radius 1 is 1.36 bits per heavy atom. The summed E-state index contributed by atoms with van der Waals surface area (Å²) in [4.78, 5) is 2.43. The SMILES string of the molecule is CCCC(C)N(CC)CCN. The van der Waals surface area contributed by atoms with Crippen LogP contribution in [0.3, 0.4) is 0 Å². The topological polar surface area (TPSA) is 29.3 Å². The predicted octanol–water partition coefficient (Wildman–Crippen LogP) is 1.46. The highest BCUT2D eigenvalue weighted by atomic mass is 15.1. The molecule has 1 atom stereocenters. The minimum atomic E-state index is 0.702. The third-order valence-corrected chi connectivity index (χ3v) is 2.15. The highest BCUT2D eigenvalue weighted by Gasteiger charge is 2.08. The van der Waals surface area contributed by atoms with Crippen LogP contribution in [0.2, 0.25) is 0 Å². The van der Waals surface area contributed by atoms with Crippen LogP contribution in [-0.2, 0) is 0 Å². The second kappa shape index (κ2) is 6.62. The molecule has 0 heterocycles. The number of likely N-dealkylation sites (N-methyl/N-ethyl adjacent to an activating group) is 1. The first-order chi connectivity index (χ1) is 5.26.